The number of rotatable bonds is 25. The number of morpholine rings is 1. The summed E-state index contributed by atoms with van der Waals surface area (Å²) in [5.41, 5.74) is 0. The highest BCUT2D eigenvalue weighted by molar-refractivity contribution is 7.99. The molecule has 0 bridgehead atoms. The minimum Gasteiger partial charge on any atom is -0.390 e. The van der Waals surface area contributed by atoms with Crippen molar-refractivity contribution in [2.24, 2.45) is 54.4 Å². The molecular weight excluding hydrogens is 1330 g/mol. The van der Waals surface area contributed by atoms with E-state index in [1.165, 1.54) is 97.3 Å². The number of carbonyl (C=O) groups is 11. The summed E-state index contributed by atoms with van der Waals surface area (Å²) in [6, 6.07) is -11.4. The van der Waals surface area contributed by atoms with Crippen molar-refractivity contribution in [3.8, 4) is 0 Å². The summed E-state index contributed by atoms with van der Waals surface area (Å²) in [4.78, 5) is 174. The van der Waals surface area contributed by atoms with Crippen molar-refractivity contribution in [2.75, 3.05) is 87.5 Å². The molecule has 0 radical (unpaired) electrons. The molecular formula is C73H130N14O14S. The predicted molar refractivity (Wildman–Crippen MR) is 392 cm³/mol. The number of ether oxygens (including phenoxy) is 2. The number of amides is 9. The first kappa shape index (κ1) is 90.0. The SMILES string of the molecule is CC[C@@H]1NC(=O)[C@H]([C@H](O)[C@H](C)CCCCCSc2nnnn2C)NC(=O)[C@H](C(C)C)N(C)C(=O)[C@H](CC(C)C)N(C)C(=O)[C@H](CC(C)C)N(C)C(=O)[C@@H](C)NC(=O)[C@H](C)CC(=O)[C@H](CC(C)C)N(C)C(=O)[C@H](C(C)C)CC(=O)[C@H]([C@@H](C)OCCCCN2CCOCC2)N(C)C(=O)[C@@H](C)N(C)C1=O. The van der Waals surface area contributed by atoms with E-state index in [-0.39, 0.29) is 62.9 Å². The Morgan fingerprint density at radius 3 is 1.65 bits per heavy atom. The molecule has 3 rings (SSSR count). The standard InChI is InChI=1S/C73H130N14O14S/c1-24-54-70(97)80(17)51(15)68(95)85(22)62(52(16)101-34-28-27-31-87-32-35-100-36-33-87)59(89)42-53(46(8)9)69(96)81(18)55(38-43(2)3)58(88)41-49(13)64(91)74-50(14)67(94)82(19)56(39-44(4)5)71(98)83(20)57(40-45(6)7)72(99)84(21)61(47(10)11)66(93)76-60(65(92)75-54)63(90)48(12)30-26-25-29-37-102-73-77-78-79-86(73)23/h43-57,60-63,90H,24-42H2,1-23H3,(H,74,91)(H,75,92)(H,76,93)/t48-,49-,50-,51-,52-,53+,54+,55+,56+,57+,60+,61+,62+,63-/m1/s1. The predicted octanol–water partition coefficient (Wildman–Crippen LogP) is 4.88. The van der Waals surface area contributed by atoms with Crippen LogP contribution < -0.4 is 16.0 Å². The lowest BCUT2D eigenvalue weighted by molar-refractivity contribution is -0.154. The molecule has 28 nitrogen and oxygen atoms in total. The van der Waals surface area contributed by atoms with Gasteiger partial charge < -0.3 is 59.9 Å². The molecule has 4 N–H and O–H groups in total. The maximum absolute atomic E-state index is 15.3. The van der Waals surface area contributed by atoms with Gasteiger partial charge in [0, 0.05) is 99.5 Å². The number of ketones is 2. The van der Waals surface area contributed by atoms with Crippen molar-refractivity contribution in [1.29, 1.82) is 0 Å². The van der Waals surface area contributed by atoms with E-state index in [9.17, 15) is 24.3 Å². The number of aryl methyl sites for hydroxylation is 1. The Balaban J connectivity index is 2.27. The molecule has 582 valence electrons. The molecule has 102 heavy (non-hydrogen) atoms. The molecule has 2 saturated heterocycles. The average molecular weight is 1460 g/mol. The molecule has 1 aromatic heterocycles. The monoisotopic (exact) mass is 1460 g/mol. The van der Waals surface area contributed by atoms with E-state index >= 15 is 33.6 Å². The number of thioether (sulfide) groups is 1. The second kappa shape index (κ2) is 43.3. The Bertz CT molecular complexity index is 2890. The molecule has 14 atom stereocenters. The lowest BCUT2D eigenvalue weighted by Crippen LogP contribution is -2.63. The summed E-state index contributed by atoms with van der Waals surface area (Å²) in [5.74, 6) is -10.3. The Labute approximate surface area is 613 Å². The molecule has 2 aliphatic heterocycles. The third-order valence-corrected chi connectivity index (χ3v) is 21.3. The van der Waals surface area contributed by atoms with Crippen molar-refractivity contribution < 1.29 is 67.3 Å². The number of hydrogen-bond acceptors (Lipinski definition) is 19. The van der Waals surface area contributed by atoms with Crippen LogP contribution in [0.1, 0.15) is 188 Å². The van der Waals surface area contributed by atoms with Gasteiger partial charge in [-0.15, -0.1) is 5.10 Å². The molecule has 0 saturated carbocycles. The quantitative estimate of drug-likeness (QED) is 0.0749. The maximum Gasteiger partial charge on any atom is 0.245 e. The minimum atomic E-state index is -1.70. The molecule has 0 aromatic carbocycles. The fourth-order valence-electron chi connectivity index (χ4n) is 13.5. The van der Waals surface area contributed by atoms with Gasteiger partial charge in [-0.25, -0.2) is 4.68 Å². The summed E-state index contributed by atoms with van der Waals surface area (Å²) in [6.07, 6.45) is 1.36. The first-order valence-electron chi connectivity index (χ1n) is 37.2. The highest BCUT2D eigenvalue weighted by Crippen LogP contribution is 2.29. The van der Waals surface area contributed by atoms with Crippen LogP contribution in [-0.4, -0.2) is 278 Å². The van der Waals surface area contributed by atoms with Gasteiger partial charge in [0.1, 0.15) is 48.3 Å². The van der Waals surface area contributed by atoms with Crippen LogP contribution in [0.4, 0.5) is 0 Å². The number of likely N-dealkylation sites (N-methyl/N-ethyl adjacent to an activating group) is 6. The minimum absolute atomic E-state index is 0.00895. The summed E-state index contributed by atoms with van der Waals surface area (Å²) in [5, 5.41) is 33.0. The number of tetrazole rings is 1. The zero-order valence-corrected chi connectivity index (χ0v) is 66.8. The number of Topliss-reactive ketones (excluding diaryl/α,β-unsaturated/α-hetero) is 2. The Kier molecular flexibility index (Phi) is 38.2. The first-order valence-corrected chi connectivity index (χ1v) is 38.2. The van der Waals surface area contributed by atoms with Gasteiger partial charge in [-0.2, -0.15) is 0 Å². The number of carbonyl (C=O) groups excluding carboxylic acids is 11. The van der Waals surface area contributed by atoms with Crippen molar-refractivity contribution in [1.82, 2.24) is 70.5 Å². The molecule has 2 aliphatic rings. The Morgan fingerprint density at radius 1 is 0.559 bits per heavy atom. The molecule has 0 unspecified atom stereocenters. The smallest absolute Gasteiger partial charge is 0.245 e. The molecule has 29 heteroatoms. The van der Waals surface area contributed by atoms with Gasteiger partial charge in [0.15, 0.2) is 11.6 Å². The van der Waals surface area contributed by atoms with E-state index in [4.69, 9.17) is 9.47 Å². The van der Waals surface area contributed by atoms with E-state index in [1.807, 2.05) is 41.5 Å². The third-order valence-electron chi connectivity index (χ3n) is 20.2. The van der Waals surface area contributed by atoms with Crippen molar-refractivity contribution in [2.45, 2.75) is 260 Å². The largest absolute Gasteiger partial charge is 0.390 e. The van der Waals surface area contributed by atoms with Crippen LogP contribution in [-0.2, 0) is 69.3 Å². The van der Waals surface area contributed by atoms with Gasteiger partial charge >= 0.3 is 0 Å². The van der Waals surface area contributed by atoms with E-state index in [2.05, 4.69) is 36.4 Å². The van der Waals surface area contributed by atoms with Crippen LogP contribution in [0, 0.1) is 47.3 Å². The van der Waals surface area contributed by atoms with Crippen molar-refractivity contribution in [3.63, 3.8) is 0 Å². The summed E-state index contributed by atoms with van der Waals surface area (Å²) in [6.45, 7) is 32.0. The van der Waals surface area contributed by atoms with Gasteiger partial charge in [-0.1, -0.05) is 115 Å². The summed E-state index contributed by atoms with van der Waals surface area (Å²) < 4.78 is 13.5. The van der Waals surface area contributed by atoms with E-state index in [0.29, 0.717) is 37.6 Å². The van der Waals surface area contributed by atoms with Crippen LogP contribution >= 0.6 is 11.8 Å². The van der Waals surface area contributed by atoms with Crippen LogP contribution in [0.3, 0.4) is 0 Å². The lowest BCUT2D eigenvalue weighted by atomic mass is 9.85. The van der Waals surface area contributed by atoms with Gasteiger partial charge in [0.05, 0.1) is 31.5 Å². The zero-order chi connectivity index (χ0) is 77.3. The van der Waals surface area contributed by atoms with Gasteiger partial charge in [-0.3, -0.25) is 57.6 Å². The zero-order valence-electron chi connectivity index (χ0n) is 66.0. The number of aliphatic hydroxyl groups excluding tert-OH is 1. The summed E-state index contributed by atoms with van der Waals surface area (Å²) >= 11 is 1.50. The molecule has 9 amide bonds. The number of aromatic nitrogens is 4. The fourth-order valence-corrected chi connectivity index (χ4v) is 14.3. The van der Waals surface area contributed by atoms with Crippen LogP contribution in [0.2, 0.25) is 0 Å². The maximum atomic E-state index is 15.3. The van der Waals surface area contributed by atoms with Crippen molar-refractivity contribution >= 4 is 76.5 Å². The Morgan fingerprint density at radius 2 is 1.11 bits per heavy atom. The highest BCUT2D eigenvalue weighted by atomic mass is 32.2. The Hall–Kier alpha value is -6.17. The fraction of sp³-hybridized carbons (Fsp3) is 0.836. The van der Waals surface area contributed by atoms with Gasteiger partial charge in [0.25, 0.3) is 0 Å². The number of unbranched alkanes of at least 4 members (excludes halogenated alkanes) is 3. The van der Waals surface area contributed by atoms with E-state index in [1.54, 1.807) is 67.1 Å². The molecule has 1 aromatic rings. The lowest BCUT2D eigenvalue weighted by Gasteiger charge is -2.40. The van der Waals surface area contributed by atoms with Crippen LogP contribution in [0.15, 0.2) is 5.16 Å². The van der Waals surface area contributed by atoms with E-state index in [0.717, 1.165) is 44.6 Å². The highest BCUT2D eigenvalue weighted by Gasteiger charge is 2.45. The number of aliphatic hydroxyl groups is 1. The molecule has 0 aliphatic carbocycles. The second-order valence-corrected chi connectivity index (χ2v) is 31.8. The van der Waals surface area contributed by atoms with Crippen molar-refractivity contribution in [3.05, 3.63) is 0 Å². The normalized spacial score (nSPS) is 26.5. The average Bonchev–Trinajstić information content (AvgIpc) is 1.79. The van der Waals surface area contributed by atoms with Crippen LogP contribution in [0.5, 0.6) is 0 Å². The summed E-state index contributed by atoms with van der Waals surface area (Å²) in [7, 11) is 10.5. The van der Waals surface area contributed by atoms with Crippen LogP contribution in [0.25, 0.3) is 0 Å². The van der Waals surface area contributed by atoms with Gasteiger partial charge in [0.2, 0.25) is 58.3 Å². The number of nitrogens with zero attached hydrogens (tertiary/aromatic N) is 11. The third kappa shape index (κ3) is 26.5. The first-order chi connectivity index (χ1) is 47.7. The molecule has 2 fully saturated rings. The van der Waals surface area contributed by atoms with E-state index < -0.39 is 161 Å². The van der Waals surface area contributed by atoms with Gasteiger partial charge in [-0.05, 0) is 125 Å². The second-order valence-electron chi connectivity index (χ2n) is 30.7. The molecule has 0 spiro atoms. The topological polar surface area (TPSA) is 329 Å². The number of nitrogens with one attached hydrogen (secondary N) is 3. The molecule has 3 heterocycles. The number of hydrogen-bond donors (Lipinski definition) is 4.